The summed E-state index contributed by atoms with van der Waals surface area (Å²) in [5.74, 6) is 0. The van der Waals surface area contributed by atoms with Crippen LogP contribution in [0.3, 0.4) is 0 Å². The zero-order chi connectivity index (χ0) is 13.4. The van der Waals surface area contributed by atoms with Crippen molar-refractivity contribution in [2.24, 2.45) is 0 Å². The second-order valence-corrected chi connectivity index (χ2v) is 5.28. The average Bonchev–Trinajstić information content (AvgIpc) is 3.17. The van der Waals surface area contributed by atoms with Crippen LogP contribution in [-0.4, -0.2) is 14.6 Å². The minimum atomic E-state index is 0.889. The summed E-state index contributed by atoms with van der Waals surface area (Å²) in [5.41, 5.74) is 5.32. The first-order valence-electron chi connectivity index (χ1n) is 6.34. The van der Waals surface area contributed by atoms with E-state index in [1.54, 1.807) is 11.3 Å². The zero-order valence-electron chi connectivity index (χ0n) is 10.6. The van der Waals surface area contributed by atoms with Gasteiger partial charge in [-0.05, 0) is 23.1 Å². The summed E-state index contributed by atoms with van der Waals surface area (Å²) in [6.45, 7) is 0. The molecule has 0 saturated carbocycles. The molecule has 0 saturated heterocycles. The number of thiophene rings is 1. The van der Waals surface area contributed by atoms with Gasteiger partial charge in [-0.2, -0.15) is 16.4 Å². The van der Waals surface area contributed by atoms with Crippen LogP contribution >= 0.6 is 11.3 Å². The second-order valence-electron chi connectivity index (χ2n) is 4.50. The Morgan fingerprint density at radius 2 is 1.85 bits per heavy atom. The van der Waals surface area contributed by atoms with Crippen molar-refractivity contribution in [1.29, 1.82) is 0 Å². The lowest BCUT2D eigenvalue weighted by Gasteiger charge is -2.03. The molecule has 4 heteroatoms. The third kappa shape index (κ3) is 1.73. The molecule has 4 rings (SSSR count). The predicted molar refractivity (Wildman–Crippen MR) is 81.7 cm³/mol. The van der Waals surface area contributed by atoms with Crippen LogP contribution in [0.4, 0.5) is 0 Å². The molecular formula is C16H11N3S. The lowest BCUT2D eigenvalue weighted by molar-refractivity contribution is 0.949. The van der Waals surface area contributed by atoms with Crippen molar-refractivity contribution in [3.8, 4) is 22.4 Å². The van der Waals surface area contributed by atoms with Crippen molar-refractivity contribution in [3.05, 3.63) is 65.6 Å². The normalized spacial score (nSPS) is 11.0. The van der Waals surface area contributed by atoms with Gasteiger partial charge in [0, 0.05) is 22.7 Å². The Bertz CT molecular complexity index is 848. The number of nitrogens with zero attached hydrogens (tertiary/aromatic N) is 3. The summed E-state index contributed by atoms with van der Waals surface area (Å²) in [7, 11) is 0. The number of rotatable bonds is 2. The molecule has 0 fully saturated rings. The van der Waals surface area contributed by atoms with Crippen LogP contribution in [0.5, 0.6) is 0 Å². The highest BCUT2D eigenvalue weighted by molar-refractivity contribution is 7.08. The van der Waals surface area contributed by atoms with Crippen LogP contribution in [-0.2, 0) is 0 Å². The van der Waals surface area contributed by atoms with E-state index >= 15 is 0 Å². The highest BCUT2D eigenvalue weighted by Crippen LogP contribution is 2.27. The molecule has 0 radical (unpaired) electrons. The van der Waals surface area contributed by atoms with E-state index in [0.717, 1.165) is 22.5 Å². The van der Waals surface area contributed by atoms with Gasteiger partial charge in [-0.15, -0.1) is 0 Å². The van der Waals surface area contributed by atoms with Crippen LogP contribution in [0, 0.1) is 0 Å². The highest BCUT2D eigenvalue weighted by atomic mass is 32.1. The monoisotopic (exact) mass is 277 g/mol. The minimum Gasteiger partial charge on any atom is -0.236 e. The van der Waals surface area contributed by atoms with Crippen LogP contribution in [0.25, 0.3) is 28.0 Å². The molecule has 3 nitrogen and oxygen atoms in total. The van der Waals surface area contributed by atoms with Crippen molar-refractivity contribution < 1.29 is 0 Å². The fraction of sp³-hybridized carbons (Fsp3) is 0. The number of hydrogen-bond acceptors (Lipinski definition) is 3. The molecule has 0 aliphatic heterocycles. The van der Waals surface area contributed by atoms with E-state index in [9.17, 15) is 0 Å². The quantitative estimate of drug-likeness (QED) is 0.551. The molecule has 0 amide bonds. The molecule has 3 aromatic heterocycles. The average molecular weight is 277 g/mol. The Kier molecular flexibility index (Phi) is 2.60. The second kappa shape index (κ2) is 4.58. The first kappa shape index (κ1) is 11.4. The van der Waals surface area contributed by atoms with E-state index in [1.165, 1.54) is 5.56 Å². The molecule has 0 unspecified atom stereocenters. The van der Waals surface area contributed by atoms with Crippen LogP contribution in [0.2, 0.25) is 0 Å². The van der Waals surface area contributed by atoms with Crippen LogP contribution in [0.1, 0.15) is 0 Å². The van der Waals surface area contributed by atoms with Gasteiger partial charge in [0.25, 0.3) is 0 Å². The van der Waals surface area contributed by atoms with Crippen LogP contribution < -0.4 is 0 Å². The summed E-state index contributed by atoms with van der Waals surface area (Å²) in [6, 6.07) is 14.3. The third-order valence-electron chi connectivity index (χ3n) is 3.30. The summed E-state index contributed by atoms with van der Waals surface area (Å²) in [4.78, 5) is 4.49. The Hall–Kier alpha value is -2.46. The van der Waals surface area contributed by atoms with Gasteiger partial charge in [-0.25, -0.2) is 9.50 Å². The van der Waals surface area contributed by atoms with Crippen LogP contribution in [0.15, 0.2) is 65.6 Å². The van der Waals surface area contributed by atoms with E-state index in [0.29, 0.717) is 0 Å². The van der Waals surface area contributed by atoms with Gasteiger partial charge in [0.05, 0.1) is 11.9 Å². The fourth-order valence-electron chi connectivity index (χ4n) is 2.34. The van der Waals surface area contributed by atoms with Gasteiger partial charge in [-0.3, -0.25) is 0 Å². The zero-order valence-corrected chi connectivity index (χ0v) is 11.4. The Labute approximate surface area is 120 Å². The Balaban J connectivity index is 1.97. The first-order chi connectivity index (χ1) is 9.93. The number of hydrogen-bond donors (Lipinski definition) is 0. The van der Waals surface area contributed by atoms with Crippen molar-refractivity contribution in [3.63, 3.8) is 0 Å². The van der Waals surface area contributed by atoms with Crippen molar-refractivity contribution in [2.75, 3.05) is 0 Å². The highest BCUT2D eigenvalue weighted by Gasteiger charge is 2.11. The smallest absolute Gasteiger partial charge is 0.163 e. The van der Waals surface area contributed by atoms with E-state index in [4.69, 9.17) is 0 Å². The Morgan fingerprint density at radius 1 is 0.950 bits per heavy atom. The predicted octanol–water partition coefficient (Wildman–Crippen LogP) is 4.12. The largest absolute Gasteiger partial charge is 0.236 e. The topological polar surface area (TPSA) is 30.2 Å². The fourth-order valence-corrected chi connectivity index (χ4v) is 2.99. The van der Waals surface area contributed by atoms with E-state index in [-0.39, 0.29) is 0 Å². The third-order valence-corrected chi connectivity index (χ3v) is 3.99. The standard InChI is InChI=1S/C16H11N3S/c1-2-4-12(5-3-1)14-10-18-19-15(6-8-17-16(14)19)13-7-9-20-11-13/h1-11H. The maximum atomic E-state index is 4.51. The van der Waals surface area contributed by atoms with Crippen molar-refractivity contribution >= 4 is 17.0 Å². The van der Waals surface area contributed by atoms with E-state index in [1.807, 2.05) is 41.2 Å². The lowest BCUT2D eigenvalue weighted by Crippen LogP contribution is -1.94. The van der Waals surface area contributed by atoms with Gasteiger partial charge in [0.15, 0.2) is 5.65 Å². The molecule has 4 aromatic rings. The maximum absolute atomic E-state index is 4.51. The number of benzene rings is 1. The van der Waals surface area contributed by atoms with Gasteiger partial charge in [-0.1, -0.05) is 30.3 Å². The van der Waals surface area contributed by atoms with Crippen molar-refractivity contribution in [2.45, 2.75) is 0 Å². The molecule has 3 heterocycles. The summed E-state index contributed by atoms with van der Waals surface area (Å²) in [6.07, 6.45) is 3.73. The SMILES string of the molecule is c1ccc(-c2cnn3c(-c4ccsc4)ccnc23)cc1. The summed E-state index contributed by atoms with van der Waals surface area (Å²) >= 11 is 1.68. The number of fused-ring (bicyclic) bond motifs is 1. The maximum Gasteiger partial charge on any atom is 0.163 e. The molecule has 0 N–H and O–H groups in total. The summed E-state index contributed by atoms with van der Waals surface area (Å²) < 4.78 is 1.91. The molecular weight excluding hydrogens is 266 g/mol. The molecule has 0 atom stereocenters. The Morgan fingerprint density at radius 3 is 2.65 bits per heavy atom. The minimum absolute atomic E-state index is 0.889. The molecule has 0 bridgehead atoms. The molecule has 1 aromatic carbocycles. The van der Waals surface area contributed by atoms with E-state index < -0.39 is 0 Å². The molecule has 0 aliphatic carbocycles. The van der Waals surface area contributed by atoms with Gasteiger partial charge in [0.2, 0.25) is 0 Å². The molecule has 96 valence electrons. The number of aromatic nitrogens is 3. The lowest BCUT2D eigenvalue weighted by atomic mass is 10.1. The molecule has 0 aliphatic rings. The first-order valence-corrected chi connectivity index (χ1v) is 7.28. The molecule has 20 heavy (non-hydrogen) atoms. The van der Waals surface area contributed by atoms with Gasteiger partial charge < -0.3 is 0 Å². The summed E-state index contributed by atoms with van der Waals surface area (Å²) in [5, 5.41) is 8.71. The van der Waals surface area contributed by atoms with E-state index in [2.05, 4.69) is 39.0 Å². The van der Waals surface area contributed by atoms with Crippen molar-refractivity contribution in [1.82, 2.24) is 14.6 Å². The van der Waals surface area contributed by atoms with Gasteiger partial charge in [0.1, 0.15) is 0 Å². The van der Waals surface area contributed by atoms with Gasteiger partial charge >= 0.3 is 0 Å². The molecule has 0 spiro atoms.